The molecule has 0 N–H and O–H groups in total. The Labute approximate surface area is 135 Å². The number of carbonyl (C=O) groups excluding carboxylic acids is 1. The van der Waals surface area contributed by atoms with E-state index in [4.69, 9.17) is 23.2 Å². The largest absolute Gasteiger partial charge is 0.337 e. The maximum atomic E-state index is 12.3. The quantitative estimate of drug-likeness (QED) is 0.746. The van der Waals surface area contributed by atoms with E-state index in [1.54, 1.807) is 42.4 Å². The lowest BCUT2D eigenvalue weighted by Gasteiger charge is -2.18. The normalized spacial score (nSPS) is 10.4. The minimum absolute atomic E-state index is 0.0980. The van der Waals surface area contributed by atoms with Gasteiger partial charge in [-0.1, -0.05) is 29.3 Å². The van der Waals surface area contributed by atoms with Crippen molar-refractivity contribution in [3.8, 4) is 0 Å². The fraction of sp³-hybridized carbons (Fsp3) is 0.143. The Hall–Kier alpha value is -1.10. The molecule has 0 saturated heterocycles. The molecular weight excluding hydrogens is 363 g/mol. The lowest BCUT2D eigenvalue weighted by Crippen LogP contribution is -2.26. The second-order valence-corrected chi connectivity index (χ2v) is 5.92. The summed E-state index contributed by atoms with van der Waals surface area (Å²) in [6, 6.07) is 8.59. The molecule has 0 spiro atoms. The van der Waals surface area contributed by atoms with Gasteiger partial charge in [0, 0.05) is 35.4 Å². The van der Waals surface area contributed by atoms with Crippen molar-refractivity contribution in [2.45, 2.75) is 6.54 Å². The van der Waals surface area contributed by atoms with Crippen molar-refractivity contribution < 1.29 is 4.79 Å². The fourth-order valence-electron chi connectivity index (χ4n) is 1.73. The molecule has 1 heterocycles. The van der Waals surface area contributed by atoms with E-state index in [1.165, 1.54) is 0 Å². The highest BCUT2D eigenvalue weighted by atomic mass is 79.9. The second kappa shape index (κ2) is 6.57. The third kappa shape index (κ3) is 3.72. The van der Waals surface area contributed by atoms with Crippen molar-refractivity contribution in [3.63, 3.8) is 0 Å². The third-order valence-electron chi connectivity index (χ3n) is 2.74. The standard InChI is InChI=1S/C14H11BrCl2N2O/c1-19(8-10-2-3-11(16)7-12(10)17)14(20)9-4-5-18-13(15)6-9/h2-7H,8H2,1H3. The van der Waals surface area contributed by atoms with Crippen LogP contribution < -0.4 is 0 Å². The van der Waals surface area contributed by atoms with Gasteiger partial charge in [-0.3, -0.25) is 4.79 Å². The minimum Gasteiger partial charge on any atom is -0.337 e. The summed E-state index contributed by atoms with van der Waals surface area (Å²) in [4.78, 5) is 17.9. The molecule has 0 fully saturated rings. The number of halogens is 3. The third-order valence-corrected chi connectivity index (χ3v) is 3.76. The van der Waals surface area contributed by atoms with Crippen LogP contribution in [-0.4, -0.2) is 22.8 Å². The van der Waals surface area contributed by atoms with Crippen molar-refractivity contribution >= 4 is 45.0 Å². The molecule has 3 nitrogen and oxygen atoms in total. The molecule has 20 heavy (non-hydrogen) atoms. The molecule has 1 aromatic carbocycles. The lowest BCUT2D eigenvalue weighted by atomic mass is 10.2. The number of rotatable bonds is 3. The summed E-state index contributed by atoms with van der Waals surface area (Å²) >= 11 is 15.2. The van der Waals surface area contributed by atoms with Crippen LogP contribution in [-0.2, 0) is 6.54 Å². The predicted octanol–water partition coefficient (Wildman–Crippen LogP) is 4.42. The Balaban J connectivity index is 2.15. The van der Waals surface area contributed by atoms with E-state index in [1.807, 2.05) is 6.07 Å². The summed E-state index contributed by atoms with van der Waals surface area (Å²) in [5.41, 5.74) is 1.42. The summed E-state index contributed by atoms with van der Waals surface area (Å²) in [5, 5.41) is 1.12. The van der Waals surface area contributed by atoms with Crippen molar-refractivity contribution in [3.05, 3.63) is 62.3 Å². The van der Waals surface area contributed by atoms with Crippen molar-refractivity contribution in [1.29, 1.82) is 0 Å². The van der Waals surface area contributed by atoms with Gasteiger partial charge in [0.2, 0.25) is 0 Å². The van der Waals surface area contributed by atoms with Gasteiger partial charge < -0.3 is 4.90 Å². The summed E-state index contributed by atoms with van der Waals surface area (Å²) in [6.07, 6.45) is 1.58. The molecule has 0 aliphatic rings. The summed E-state index contributed by atoms with van der Waals surface area (Å²) in [7, 11) is 1.72. The number of benzene rings is 1. The van der Waals surface area contributed by atoms with Gasteiger partial charge in [0.05, 0.1) is 0 Å². The zero-order chi connectivity index (χ0) is 14.7. The van der Waals surface area contributed by atoms with E-state index in [0.717, 1.165) is 5.56 Å². The molecule has 1 amide bonds. The molecule has 1 aromatic heterocycles. The number of amides is 1. The zero-order valence-electron chi connectivity index (χ0n) is 10.6. The number of hydrogen-bond acceptors (Lipinski definition) is 2. The smallest absolute Gasteiger partial charge is 0.254 e. The molecule has 0 bridgehead atoms. The molecule has 0 aliphatic carbocycles. The molecule has 0 saturated carbocycles. The van der Waals surface area contributed by atoms with Crippen LogP contribution in [0.5, 0.6) is 0 Å². The molecule has 0 atom stereocenters. The van der Waals surface area contributed by atoms with Crippen LogP contribution >= 0.6 is 39.1 Å². The van der Waals surface area contributed by atoms with E-state index in [-0.39, 0.29) is 5.91 Å². The number of aromatic nitrogens is 1. The van der Waals surface area contributed by atoms with Crippen LogP contribution in [0.3, 0.4) is 0 Å². The van der Waals surface area contributed by atoms with E-state index >= 15 is 0 Å². The van der Waals surface area contributed by atoms with Crippen LogP contribution in [0.1, 0.15) is 15.9 Å². The van der Waals surface area contributed by atoms with E-state index < -0.39 is 0 Å². The topological polar surface area (TPSA) is 33.2 Å². The zero-order valence-corrected chi connectivity index (χ0v) is 13.7. The summed E-state index contributed by atoms with van der Waals surface area (Å²) < 4.78 is 0.626. The SMILES string of the molecule is CN(Cc1ccc(Cl)cc1Cl)C(=O)c1ccnc(Br)c1. The number of hydrogen-bond donors (Lipinski definition) is 0. The molecule has 0 unspecified atom stereocenters. The van der Waals surface area contributed by atoms with E-state index in [9.17, 15) is 4.79 Å². The van der Waals surface area contributed by atoms with Gasteiger partial charge in [-0.05, 0) is 45.8 Å². The van der Waals surface area contributed by atoms with Crippen molar-refractivity contribution in [2.24, 2.45) is 0 Å². The Morgan fingerprint density at radius 3 is 2.70 bits per heavy atom. The highest BCUT2D eigenvalue weighted by Gasteiger charge is 2.14. The van der Waals surface area contributed by atoms with Gasteiger partial charge >= 0.3 is 0 Å². The van der Waals surface area contributed by atoms with Crippen LogP contribution in [0, 0.1) is 0 Å². The minimum atomic E-state index is -0.0980. The van der Waals surface area contributed by atoms with Gasteiger partial charge in [0.25, 0.3) is 5.91 Å². The first-order valence-corrected chi connectivity index (χ1v) is 7.33. The number of nitrogens with zero attached hydrogens (tertiary/aromatic N) is 2. The Bertz CT molecular complexity index is 649. The summed E-state index contributed by atoms with van der Waals surface area (Å²) in [6.45, 7) is 0.411. The average Bonchev–Trinajstić information content (AvgIpc) is 2.41. The highest BCUT2D eigenvalue weighted by molar-refractivity contribution is 9.10. The van der Waals surface area contributed by atoms with Gasteiger partial charge in [-0.15, -0.1) is 0 Å². The molecule has 104 valence electrons. The van der Waals surface area contributed by atoms with Crippen LogP contribution in [0.4, 0.5) is 0 Å². The first-order chi connectivity index (χ1) is 9.47. The average molecular weight is 374 g/mol. The van der Waals surface area contributed by atoms with Crippen LogP contribution in [0.25, 0.3) is 0 Å². The van der Waals surface area contributed by atoms with Gasteiger partial charge in [-0.2, -0.15) is 0 Å². The Morgan fingerprint density at radius 1 is 1.30 bits per heavy atom. The molecule has 2 aromatic rings. The van der Waals surface area contributed by atoms with Crippen molar-refractivity contribution in [1.82, 2.24) is 9.88 Å². The maximum Gasteiger partial charge on any atom is 0.254 e. The monoisotopic (exact) mass is 372 g/mol. The molecule has 2 rings (SSSR count). The fourth-order valence-corrected chi connectivity index (χ4v) is 2.57. The molecule has 0 aliphatic heterocycles. The first-order valence-electron chi connectivity index (χ1n) is 5.78. The molecule has 6 heteroatoms. The lowest BCUT2D eigenvalue weighted by molar-refractivity contribution is 0.0785. The Morgan fingerprint density at radius 2 is 2.05 bits per heavy atom. The van der Waals surface area contributed by atoms with Crippen LogP contribution in [0.2, 0.25) is 10.0 Å². The Kier molecular flexibility index (Phi) is 5.02. The van der Waals surface area contributed by atoms with Gasteiger partial charge in [-0.25, -0.2) is 4.98 Å². The molecule has 0 radical (unpaired) electrons. The number of carbonyl (C=O) groups is 1. The van der Waals surface area contributed by atoms with Crippen molar-refractivity contribution in [2.75, 3.05) is 7.05 Å². The highest BCUT2D eigenvalue weighted by Crippen LogP contribution is 2.22. The van der Waals surface area contributed by atoms with E-state index in [2.05, 4.69) is 20.9 Å². The molecular formula is C14H11BrCl2N2O. The first kappa shape index (κ1) is 15.3. The maximum absolute atomic E-state index is 12.3. The van der Waals surface area contributed by atoms with Gasteiger partial charge in [0.15, 0.2) is 0 Å². The van der Waals surface area contributed by atoms with E-state index in [0.29, 0.717) is 26.8 Å². The van der Waals surface area contributed by atoms with Gasteiger partial charge in [0.1, 0.15) is 4.60 Å². The predicted molar refractivity (Wildman–Crippen MR) is 84.2 cm³/mol. The summed E-state index contributed by atoms with van der Waals surface area (Å²) in [5.74, 6) is -0.0980. The van der Waals surface area contributed by atoms with Crippen LogP contribution in [0.15, 0.2) is 41.1 Å². The second-order valence-electron chi connectivity index (χ2n) is 4.26. The number of pyridine rings is 1.